The molecular weight excluding hydrogens is 344 g/mol. The van der Waals surface area contributed by atoms with Crippen LogP contribution < -0.4 is 14.8 Å². The minimum Gasteiger partial charge on any atom is -0.504 e. The average molecular weight is 372 g/mol. The van der Waals surface area contributed by atoms with Crippen molar-refractivity contribution >= 4 is 5.91 Å². The third-order valence-electron chi connectivity index (χ3n) is 4.45. The van der Waals surface area contributed by atoms with Crippen molar-refractivity contribution in [3.05, 3.63) is 54.1 Å². The number of rotatable bonds is 10. The molecule has 0 aliphatic rings. The zero-order chi connectivity index (χ0) is 19.6. The minimum absolute atomic E-state index is 0.0164. The van der Waals surface area contributed by atoms with Crippen LogP contribution in [-0.2, 0) is 4.79 Å². The van der Waals surface area contributed by atoms with E-state index >= 15 is 0 Å². The predicted octanol–water partition coefficient (Wildman–Crippen LogP) is 2.98. The van der Waals surface area contributed by atoms with Crippen molar-refractivity contribution in [3.8, 4) is 17.2 Å². The fourth-order valence-electron chi connectivity index (χ4n) is 2.95. The molecule has 6 nitrogen and oxygen atoms in total. The van der Waals surface area contributed by atoms with Crippen LogP contribution >= 0.6 is 0 Å². The number of phenolic OH excluding ortho intramolecular Hbond substituents is 1. The topological polar surface area (TPSA) is 71.0 Å². The summed E-state index contributed by atoms with van der Waals surface area (Å²) >= 11 is 0. The van der Waals surface area contributed by atoms with Crippen molar-refractivity contribution in [3.63, 3.8) is 0 Å². The van der Waals surface area contributed by atoms with Gasteiger partial charge in [-0.05, 0) is 42.9 Å². The Morgan fingerprint density at radius 1 is 1.15 bits per heavy atom. The first kappa shape index (κ1) is 20.6. The molecule has 27 heavy (non-hydrogen) atoms. The van der Waals surface area contributed by atoms with Crippen molar-refractivity contribution in [1.82, 2.24) is 10.2 Å². The van der Waals surface area contributed by atoms with Crippen LogP contribution in [0.1, 0.15) is 25.5 Å². The van der Waals surface area contributed by atoms with Crippen LogP contribution in [0.3, 0.4) is 0 Å². The minimum atomic E-state index is -0.238. The van der Waals surface area contributed by atoms with E-state index in [1.54, 1.807) is 25.3 Å². The first-order valence-corrected chi connectivity index (χ1v) is 9.14. The molecule has 0 heterocycles. The van der Waals surface area contributed by atoms with Crippen LogP contribution in [0, 0.1) is 0 Å². The predicted molar refractivity (Wildman–Crippen MR) is 105 cm³/mol. The van der Waals surface area contributed by atoms with Crippen molar-refractivity contribution in [2.24, 2.45) is 0 Å². The molecule has 146 valence electrons. The summed E-state index contributed by atoms with van der Waals surface area (Å²) in [5, 5.41) is 12.6. The summed E-state index contributed by atoms with van der Waals surface area (Å²) < 4.78 is 10.7. The Balaban J connectivity index is 2.00. The molecule has 2 N–H and O–H groups in total. The normalized spacial score (nSPS) is 11.9. The van der Waals surface area contributed by atoms with Gasteiger partial charge in [-0.2, -0.15) is 0 Å². The van der Waals surface area contributed by atoms with E-state index in [4.69, 9.17) is 9.47 Å². The first-order valence-electron chi connectivity index (χ1n) is 9.14. The zero-order valence-electron chi connectivity index (χ0n) is 16.1. The van der Waals surface area contributed by atoms with E-state index in [1.165, 1.54) is 6.07 Å². The highest BCUT2D eigenvalue weighted by atomic mass is 16.5. The highest BCUT2D eigenvalue weighted by molar-refractivity contribution is 5.77. The Kier molecular flexibility index (Phi) is 7.95. The fourth-order valence-corrected chi connectivity index (χ4v) is 2.95. The summed E-state index contributed by atoms with van der Waals surface area (Å²) in [6.45, 7) is 6.23. The number of phenols is 1. The van der Waals surface area contributed by atoms with E-state index in [-0.39, 0.29) is 24.3 Å². The van der Waals surface area contributed by atoms with Crippen molar-refractivity contribution in [2.45, 2.75) is 19.9 Å². The maximum atomic E-state index is 12.2. The second kappa shape index (κ2) is 10.4. The molecule has 6 heteroatoms. The van der Waals surface area contributed by atoms with Crippen molar-refractivity contribution in [2.75, 3.05) is 33.4 Å². The van der Waals surface area contributed by atoms with E-state index in [9.17, 15) is 9.90 Å². The number of ether oxygens (including phenoxy) is 2. The quantitative estimate of drug-likeness (QED) is 0.671. The molecule has 2 aromatic rings. The van der Waals surface area contributed by atoms with Gasteiger partial charge in [0.1, 0.15) is 5.75 Å². The van der Waals surface area contributed by atoms with Crippen LogP contribution in [0.2, 0.25) is 0 Å². The molecule has 1 amide bonds. The number of hydrogen-bond donors (Lipinski definition) is 2. The number of hydrogen-bond acceptors (Lipinski definition) is 5. The van der Waals surface area contributed by atoms with Gasteiger partial charge in [0.15, 0.2) is 18.1 Å². The largest absolute Gasteiger partial charge is 0.504 e. The highest BCUT2D eigenvalue weighted by Gasteiger charge is 2.19. The summed E-state index contributed by atoms with van der Waals surface area (Å²) in [5.74, 6) is 0.862. The van der Waals surface area contributed by atoms with E-state index in [0.717, 1.165) is 24.4 Å². The number of likely N-dealkylation sites (N-methyl/N-ethyl adjacent to an activating group) is 1. The van der Waals surface area contributed by atoms with Gasteiger partial charge in [-0.1, -0.05) is 38.1 Å². The maximum Gasteiger partial charge on any atom is 0.258 e. The Hall–Kier alpha value is -2.73. The second-order valence-corrected chi connectivity index (χ2v) is 6.07. The highest BCUT2D eigenvalue weighted by Crippen LogP contribution is 2.25. The van der Waals surface area contributed by atoms with E-state index in [2.05, 4.69) is 24.1 Å². The Morgan fingerprint density at radius 2 is 1.89 bits per heavy atom. The van der Waals surface area contributed by atoms with Gasteiger partial charge < -0.3 is 19.9 Å². The molecule has 2 rings (SSSR count). The smallest absolute Gasteiger partial charge is 0.258 e. The molecule has 2 aromatic carbocycles. The summed E-state index contributed by atoms with van der Waals surface area (Å²) in [6, 6.07) is 14.5. The standard InChI is InChI=1S/C21H28N2O4/c1-4-23(5-2)18(16-9-8-10-17(13-16)26-3)14-22-21(25)15-27-20-12-7-6-11-19(20)24/h6-13,18,24H,4-5,14-15H2,1-3H3,(H,22,25). The van der Waals surface area contributed by atoms with Gasteiger partial charge in [0.25, 0.3) is 5.91 Å². The van der Waals surface area contributed by atoms with Gasteiger partial charge in [-0.15, -0.1) is 0 Å². The number of methoxy groups -OCH3 is 1. The van der Waals surface area contributed by atoms with Crippen molar-refractivity contribution in [1.29, 1.82) is 0 Å². The second-order valence-electron chi connectivity index (χ2n) is 6.07. The summed E-state index contributed by atoms with van der Waals surface area (Å²) in [7, 11) is 1.64. The molecule has 0 aliphatic carbocycles. The Bertz CT molecular complexity index is 732. The lowest BCUT2D eigenvalue weighted by atomic mass is 10.0. The number of carbonyl (C=O) groups is 1. The number of nitrogens with zero attached hydrogens (tertiary/aromatic N) is 1. The fraction of sp³-hybridized carbons (Fsp3) is 0.381. The molecule has 0 fully saturated rings. The van der Waals surface area contributed by atoms with Crippen LogP contribution in [-0.4, -0.2) is 49.3 Å². The summed E-state index contributed by atoms with van der Waals surface area (Å²) in [5.41, 5.74) is 1.08. The lowest BCUT2D eigenvalue weighted by Crippen LogP contribution is -2.39. The van der Waals surface area contributed by atoms with Gasteiger partial charge in [0.2, 0.25) is 0 Å². The third kappa shape index (κ3) is 5.89. The molecule has 1 atom stereocenters. The van der Waals surface area contributed by atoms with Crippen LogP contribution in [0.4, 0.5) is 0 Å². The van der Waals surface area contributed by atoms with Crippen LogP contribution in [0.25, 0.3) is 0 Å². The first-order chi connectivity index (χ1) is 13.1. The molecule has 0 radical (unpaired) electrons. The van der Waals surface area contributed by atoms with E-state index < -0.39 is 0 Å². The van der Waals surface area contributed by atoms with Gasteiger partial charge in [0, 0.05) is 6.54 Å². The zero-order valence-corrected chi connectivity index (χ0v) is 16.1. The van der Waals surface area contributed by atoms with Gasteiger partial charge >= 0.3 is 0 Å². The van der Waals surface area contributed by atoms with E-state index in [0.29, 0.717) is 12.3 Å². The van der Waals surface area contributed by atoms with Crippen molar-refractivity contribution < 1.29 is 19.4 Å². The molecule has 0 spiro atoms. The number of amides is 1. The lowest BCUT2D eigenvalue weighted by Gasteiger charge is -2.30. The lowest BCUT2D eigenvalue weighted by molar-refractivity contribution is -0.123. The molecule has 1 unspecified atom stereocenters. The number of carbonyl (C=O) groups excluding carboxylic acids is 1. The maximum absolute atomic E-state index is 12.2. The Morgan fingerprint density at radius 3 is 2.56 bits per heavy atom. The van der Waals surface area contributed by atoms with Gasteiger partial charge in [-0.25, -0.2) is 0 Å². The third-order valence-corrected chi connectivity index (χ3v) is 4.45. The molecule has 0 aromatic heterocycles. The number of benzene rings is 2. The summed E-state index contributed by atoms with van der Waals surface area (Å²) in [4.78, 5) is 14.5. The Labute approximate surface area is 160 Å². The molecule has 0 saturated heterocycles. The molecule has 0 saturated carbocycles. The molecular formula is C21H28N2O4. The van der Waals surface area contributed by atoms with Crippen LogP contribution in [0.15, 0.2) is 48.5 Å². The monoisotopic (exact) mass is 372 g/mol. The number of nitrogens with one attached hydrogen (secondary N) is 1. The molecule has 0 aliphatic heterocycles. The van der Waals surface area contributed by atoms with Gasteiger partial charge in [0.05, 0.1) is 13.2 Å². The van der Waals surface area contributed by atoms with Crippen LogP contribution in [0.5, 0.6) is 17.2 Å². The summed E-state index contributed by atoms with van der Waals surface area (Å²) in [6.07, 6.45) is 0. The SMILES string of the molecule is CCN(CC)C(CNC(=O)COc1ccccc1O)c1cccc(OC)c1. The van der Waals surface area contributed by atoms with E-state index in [1.807, 2.05) is 24.3 Å². The number of aromatic hydroxyl groups is 1. The average Bonchev–Trinajstić information content (AvgIpc) is 2.70. The number of para-hydroxylation sites is 2. The van der Waals surface area contributed by atoms with Gasteiger partial charge in [-0.3, -0.25) is 9.69 Å². The molecule has 0 bridgehead atoms.